The number of nitrogens with one attached hydrogen (secondary N) is 2. The highest BCUT2D eigenvalue weighted by molar-refractivity contribution is 6.06. The van der Waals surface area contributed by atoms with E-state index in [1.807, 2.05) is 55.5 Å². The van der Waals surface area contributed by atoms with Crippen molar-refractivity contribution < 1.29 is 9.59 Å². The minimum absolute atomic E-state index is 0.179. The zero-order chi connectivity index (χ0) is 19.7. The van der Waals surface area contributed by atoms with Gasteiger partial charge in [-0.05, 0) is 61.7 Å². The summed E-state index contributed by atoms with van der Waals surface area (Å²) in [4.78, 5) is 29.5. The van der Waals surface area contributed by atoms with E-state index < -0.39 is 0 Å². The monoisotopic (exact) mass is 376 g/mol. The SMILES string of the molecule is Cc1ccc2cc(C(=O)Nc3cccc(CN4CCCC4C(N)=O)c3)[nH]c2c1. The molecule has 1 fully saturated rings. The standard InChI is InChI=1S/C22H24N4O2/c1-14-7-8-16-12-19(25-18(16)10-14)22(28)24-17-5-2-4-15(11-17)13-26-9-3-6-20(26)21(23)27/h2,4-5,7-8,10-12,20,25H,3,6,9,13H2,1H3,(H2,23,27)(H,24,28). The average molecular weight is 376 g/mol. The minimum Gasteiger partial charge on any atom is -0.368 e. The molecule has 4 rings (SSSR count). The summed E-state index contributed by atoms with van der Waals surface area (Å²) in [6.07, 6.45) is 1.79. The van der Waals surface area contributed by atoms with Crippen molar-refractivity contribution in [3.8, 4) is 0 Å². The molecule has 0 saturated carbocycles. The quantitative estimate of drug-likeness (QED) is 0.639. The maximum atomic E-state index is 12.7. The van der Waals surface area contributed by atoms with Crippen LogP contribution in [0.3, 0.4) is 0 Å². The first kappa shape index (κ1) is 18.3. The fourth-order valence-corrected chi connectivity index (χ4v) is 3.88. The average Bonchev–Trinajstić information content (AvgIpc) is 3.28. The summed E-state index contributed by atoms with van der Waals surface area (Å²) < 4.78 is 0. The Morgan fingerprint density at radius 3 is 2.89 bits per heavy atom. The number of fused-ring (bicyclic) bond motifs is 1. The number of rotatable bonds is 5. The van der Waals surface area contributed by atoms with Crippen LogP contribution in [0.15, 0.2) is 48.5 Å². The van der Waals surface area contributed by atoms with E-state index in [4.69, 9.17) is 5.73 Å². The van der Waals surface area contributed by atoms with Gasteiger partial charge in [0.1, 0.15) is 5.69 Å². The van der Waals surface area contributed by atoms with Gasteiger partial charge in [0.15, 0.2) is 0 Å². The Bertz CT molecular complexity index is 1040. The van der Waals surface area contributed by atoms with Gasteiger partial charge >= 0.3 is 0 Å². The fraction of sp³-hybridized carbons (Fsp3) is 0.273. The number of likely N-dealkylation sites (tertiary alicyclic amines) is 1. The second kappa shape index (κ2) is 7.48. The molecule has 2 aromatic carbocycles. The smallest absolute Gasteiger partial charge is 0.272 e. The van der Waals surface area contributed by atoms with Crippen LogP contribution in [0, 0.1) is 6.92 Å². The van der Waals surface area contributed by atoms with Crippen LogP contribution < -0.4 is 11.1 Å². The van der Waals surface area contributed by atoms with E-state index in [-0.39, 0.29) is 17.9 Å². The first-order chi connectivity index (χ1) is 13.5. The predicted octanol–water partition coefficient (Wildman–Crippen LogP) is 3.18. The van der Waals surface area contributed by atoms with Gasteiger partial charge in [-0.3, -0.25) is 14.5 Å². The van der Waals surface area contributed by atoms with Crippen molar-refractivity contribution in [1.82, 2.24) is 9.88 Å². The zero-order valence-electron chi connectivity index (χ0n) is 15.9. The van der Waals surface area contributed by atoms with Gasteiger partial charge in [0, 0.05) is 23.1 Å². The topological polar surface area (TPSA) is 91.2 Å². The maximum absolute atomic E-state index is 12.7. The van der Waals surface area contributed by atoms with Gasteiger partial charge in [0.2, 0.25) is 5.91 Å². The van der Waals surface area contributed by atoms with Gasteiger partial charge in [-0.2, -0.15) is 0 Å². The lowest BCUT2D eigenvalue weighted by atomic mass is 10.1. The highest BCUT2D eigenvalue weighted by Crippen LogP contribution is 2.22. The summed E-state index contributed by atoms with van der Waals surface area (Å²) in [7, 11) is 0. The molecule has 1 aromatic heterocycles. The Hall–Kier alpha value is -3.12. The summed E-state index contributed by atoms with van der Waals surface area (Å²) in [6, 6.07) is 15.4. The van der Waals surface area contributed by atoms with Crippen molar-refractivity contribution in [3.05, 3.63) is 65.4 Å². The van der Waals surface area contributed by atoms with Crippen LogP contribution in [0.1, 0.15) is 34.5 Å². The molecule has 0 bridgehead atoms. The van der Waals surface area contributed by atoms with Gasteiger partial charge in [0.25, 0.3) is 5.91 Å². The number of aromatic nitrogens is 1. The van der Waals surface area contributed by atoms with E-state index in [2.05, 4.69) is 15.2 Å². The number of anilines is 1. The molecular formula is C22H24N4O2. The number of carbonyl (C=O) groups is 2. The molecule has 1 saturated heterocycles. The van der Waals surface area contributed by atoms with E-state index >= 15 is 0 Å². The lowest BCUT2D eigenvalue weighted by molar-refractivity contribution is -0.122. The van der Waals surface area contributed by atoms with E-state index in [0.29, 0.717) is 12.2 Å². The highest BCUT2D eigenvalue weighted by atomic mass is 16.2. The Labute approximate surface area is 163 Å². The van der Waals surface area contributed by atoms with Crippen LogP contribution in [0.4, 0.5) is 5.69 Å². The van der Waals surface area contributed by atoms with E-state index in [1.54, 1.807) is 0 Å². The lowest BCUT2D eigenvalue weighted by Crippen LogP contribution is -2.39. The van der Waals surface area contributed by atoms with Crippen LogP contribution in [0.5, 0.6) is 0 Å². The molecule has 0 spiro atoms. The summed E-state index contributed by atoms with van der Waals surface area (Å²) >= 11 is 0. The maximum Gasteiger partial charge on any atom is 0.272 e. The van der Waals surface area contributed by atoms with Gasteiger partial charge in [-0.1, -0.05) is 24.3 Å². The highest BCUT2D eigenvalue weighted by Gasteiger charge is 2.28. The molecule has 6 nitrogen and oxygen atoms in total. The summed E-state index contributed by atoms with van der Waals surface area (Å²) in [5, 5.41) is 3.96. The number of amides is 2. The largest absolute Gasteiger partial charge is 0.368 e. The van der Waals surface area contributed by atoms with Crippen molar-refractivity contribution in [2.24, 2.45) is 5.73 Å². The number of aryl methyl sites for hydroxylation is 1. The van der Waals surface area contributed by atoms with Crippen LogP contribution in [-0.4, -0.2) is 34.3 Å². The van der Waals surface area contributed by atoms with Crippen molar-refractivity contribution in [1.29, 1.82) is 0 Å². The summed E-state index contributed by atoms with van der Waals surface area (Å²) in [6.45, 7) is 3.52. The van der Waals surface area contributed by atoms with E-state index in [9.17, 15) is 9.59 Å². The predicted molar refractivity (Wildman–Crippen MR) is 110 cm³/mol. The molecule has 6 heteroatoms. The third-order valence-corrected chi connectivity index (χ3v) is 5.29. The minimum atomic E-state index is -0.268. The molecule has 144 valence electrons. The number of hydrogen-bond acceptors (Lipinski definition) is 3. The summed E-state index contributed by atoms with van der Waals surface area (Å²) in [5.74, 6) is -0.446. The Morgan fingerprint density at radius 1 is 1.21 bits per heavy atom. The first-order valence-electron chi connectivity index (χ1n) is 9.52. The number of nitrogens with two attached hydrogens (primary N) is 1. The van der Waals surface area contributed by atoms with Crippen molar-refractivity contribution in [3.63, 3.8) is 0 Å². The number of nitrogens with zero attached hydrogens (tertiary/aromatic N) is 1. The molecule has 2 amide bonds. The number of H-pyrrole nitrogens is 1. The van der Waals surface area contributed by atoms with Crippen molar-refractivity contribution in [2.75, 3.05) is 11.9 Å². The second-order valence-corrected chi connectivity index (χ2v) is 7.46. The Balaban J connectivity index is 1.48. The third kappa shape index (κ3) is 3.77. The van der Waals surface area contributed by atoms with Gasteiger partial charge < -0.3 is 16.0 Å². The number of aromatic amines is 1. The molecule has 0 radical (unpaired) electrons. The Kier molecular flexibility index (Phi) is 4.88. The molecule has 0 aliphatic carbocycles. The molecule has 1 aliphatic heterocycles. The molecule has 28 heavy (non-hydrogen) atoms. The first-order valence-corrected chi connectivity index (χ1v) is 9.52. The number of hydrogen-bond donors (Lipinski definition) is 3. The number of primary amides is 1. The van der Waals surface area contributed by atoms with Gasteiger partial charge in [0.05, 0.1) is 6.04 Å². The van der Waals surface area contributed by atoms with Crippen molar-refractivity contribution in [2.45, 2.75) is 32.4 Å². The van der Waals surface area contributed by atoms with Crippen LogP contribution >= 0.6 is 0 Å². The third-order valence-electron chi connectivity index (χ3n) is 5.29. The van der Waals surface area contributed by atoms with Gasteiger partial charge in [-0.15, -0.1) is 0 Å². The normalized spacial score (nSPS) is 17.1. The molecule has 1 unspecified atom stereocenters. The number of benzene rings is 2. The molecule has 4 N–H and O–H groups in total. The second-order valence-electron chi connectivity index (χ2n) is 7.46. The fourth-order valence-electron chi connectivity index (χ4n) is 3.88. The van der Waals surface area contributed by atoms with Crippen LogP contribution in [0.25, 0.3) is 10.9 Å². The van der Waals surface area contributed by atoms with E-state index in [1.165, 1.54) is 0 Å². The molecule has 3 aromatic rings. The number of carbonyl (C=O) groups excluding carboxylic acids is 2. The lowest BCUT2D eigenvalue weighted by Gasteiger charge is -2.22. The molecule has 1 atom stereocenters. The van der Waals surface area contributed by atoms with E-state index in [0.717, 1.165) is 47.1 Å². The van der Waals surface area contributed by atoms with Gasteiger partial charge in [-0.25, -0.2) is 0 Å². The molecule has 1 aliphatic rings. The molecular weight excluding hydrogens is 352 g/mol. The summed E-state index contributed by atoms with van der Waals surface area (Å²) in [5.41, 5.74) is 9.89. The van der Waals surface area contributed by atoms with Crippen molar-refractivity contribution >= 4 is 28.4 Å². The van der Waals surface area contributed by atoms with Crippen LogP contribution in [0.2, 0.25) is 0 Å². The molecule has 2 heterocycles. The Morgan fingerprint density at radius 2 is 2.07 bits per heavy atom. The zero-order valence-corrected chi connectivity index (χ0v) is 15.9. The van der Waals surface area contributed by atoms with Crippen LogP contribution in [-0.2, 0) is 11.3 Å².